The second-order valence-electron chi connectivity index (χ2n) is 4.27. The van der Waals surface area contributed by atoms with Crippen molar-refractivity contribution in [2.24, 2.45) is 0 Å². The predicted molar refractivity (Wildman–Crippen MR) is 76.2 cm³/mol. The molecule has 0 aliphatic rings. The highest BCUT2D eigenvalue weighted by Crippen LogP contribution is 2.11. The first-order valence-corrected chi connectivity index (χ1v) is 8.69. The summed E-state index contributed by atoms with van der Waals surface area (Å²) in [6.45, 7) is 2.73. The van der Waals surface area contributed by atoms with E-state index in [2.05, 4.69) is 24.0 Å². The van der Waals surface area contributed by atoms with Gasteiger partial charge in [0.25, 0.3) is 0 Å². The molecular formula is C12H19NO3S2. The minimum absolute atomic E-state index is 0.328. The molecule has 0 aliphatic carbocycles. The van der Waals surface area contributed by atoms with Crippen molar-refractivity contribution in [2.45, 2.75) is 19.4 Å². The van der Waals surface area contributed by atoms with Gasteiger partial charge < -0.3 is 4.90 Å². The maximum atomic E-state index is 10.6. The zero-order chi connectivity index (χ0) is 13.6. The molecule has 0 saturated heterocycles. The molecule has 0 radical (unpaired) electrons. The fourth-order valence-corrected chi connectivity index (χ4v) is 3.05. The molecule has 18 heavy (non-hydrogen) atoms. The monoisotopic (exact) mass is 289 g/mol. The topological polar surface area (TPSA) is 57.6 Å². The highest BCUT2D eigenvalue weighted by molar-refractivity contribution is 8.69. The van der Waals surface area contributed by atoms with Crippen molar-refractivity contribution in [2.75, 3.05) is 19.3 Å². The molecule has 4 nitrogen and oxygen atoms in total. The van der Waals surface area contributed by atoms with Gasteiger partial charge in [-0.3, -0.25) is 4.55 Å². The summed E-state index contributed by atoms with van der Waals surface area (Å²) in [6.07, 6.45) is 0.924. The Labute approximate surface area is 113 Å². The van der Waals surface area contributed by atoms with Crippen molar-refractivity contribution in [3.63, 3.8) is 0 Å². The Morgan fingerprint density at radius 3 is 2.50 bits per heavy atom. The summed E-state index contributed by atoms with van der Waals surface area (Å²) in [4.78, 5) is 2.09. The quantitative estimate of drug-likeness (QED) is 0.615. The average molecular weight is 289 g/mol. The van der Waals surface area contributed by atoms with Gasteiger partial charge in [-0.25, -0.2) is 0 Å². The number of nitrogens with zero attached hydrogens (tertiary/aromatic N) is 1. The summed E-state index contributed by atoms with van der Waals surface area (Å²) in [5.41, 5.74) is 1.26. The minimum atomic E-state index is -3.91. The molecular weight excluding hydrogens is 270 g/mol. The van der Waals surface area contributed by atoms with Crippen molar-refractivity contribution < 1.29 is 13.0 Å². The van der Waals surface area contributed by atoms with E-state index in [1.54, 1.807) is 0 Å². The molecule has 0 bridgehead atoms. The summed E-state index contributed by atoms with van der Waals surface area (Å²) in [5, 5.41) is 0. The highest BCUT2D eigenvalue weighted by Gasteiger charge is 2.11. The molecule has 102 valence electrons. The summed E-state index contributed by atoms with van der Waals surface area (Å²) in [5.74, 6) is 0.370. The molecule has 1 aromatic carbocycles. The van der Waals surface area contributed by atoms with Gasteiger partial charge in [0.15, 0.2) is 0 Å². The van der Waals surface area contributed by atoms with Gasteiger partial charge in [-0.15, -0.1) is 0 Å². The first kappa shape index (κ1) is 15.5. The fraction of sp³-hybridized carbons (Fsp3) is 0.500. The lowest BCUT2D eigenvalue weighted by Gasteiger charge is -2.24. The largest absolute Gasteiger partial charge is 0.319 e. The van der Waals surface area contributed by atoms with E-state index in [0.29, 0.717) is 29.1 Å². The van der Waals surface area contributed by atoms with Gasteiger partial charge in [0, 0.05) is 18.3 Å². The lowest BCUT2D eigenvalue weighted by molar-refractivity contribution is 0.272. The zero-order valence-corrected chi connectivity index (χ0v) is 12.2. The van der Waals surface area contributed by atoms with Gasteiger partial charge in [-0.1, -0.05) is 30.3 Å². The molecule has 0 aliphatic heterocycles. The van der Waals surface area contributed by atoms with E-state index in [-0.39, 0.29) is 0 Å². The lowest BCUT2D eigenvalue weighted by Crippen LogP contribution is -2.32. The van der Waals surface area contributed by atoms with E-state index in [1.807, 2.05) is 25.2 Å². The third-order valence-corrected chi connectivity index (χ3v) is 4.84. The van der Waals surface area contributed by atoms with Crippen LogP contribution >= 0.6 is 10.8 Å². The smallest absolute Gasteiger partial charge is 0.303 e. The van der Waals surface area contributed by atoms with Crippen LogP contribution in [0, 0.1) is 0 Å². The van der Waals surface area contributed by atoms with Gasteiger partial charge >= 0.3 is 9.15 Å². The number of benzene rings is 1. The van der Waals surface area contributed by atoms with Crippen LogP contribution in [0.25, 0.3) is 0 Å². The second kappa shape index (κ2) is 7.13. The summed E-state index contributed by atoms with van der Waals surface area (Å²) >= 11 is 0. The van der Waals surface area contributed by atoms with E-state index in [0.717, 1.165) is 6.42 Å². The van der Waals surface area contributed by atoms with Crippen molar-refractivity contribution in [1.82, 2.24) is 4.90 Å². The molecule has 1 N–H and O–H groups in total. The maximum absolute atomic E-state index is 10.6. The van der Waals surface area contributed by atoms with Gasteiger partial charge in [-0.05, 0) is 36.7 Å². The summed E-state index contributed by atoms with van der Waals surface area (Å²) in [7, 11) is -1.39. The zero-order valence-electron chi connectivity index (χ0n) is 10.6. The Balaban J connectivity index is 2.35. The molecule has 1 rings (SSSR count). The molecule has 0 amide bonds. The molecule has 0 heterocycles. The fourth-order valence-electron chi connectivity index (χ4n) is 1.62. The number of hydrogen-bond acceptors (Lipinski definition) is 4. The standard InChI is InChI=1S/C12H19NO3S2/c1-11(10-12-6-4-3-5-7-12)13(2)8-9-17-18(14,15)16/h3-7,11H,8-10H2,1-2H3,(H,14,15,16)/t11-/m1/s1. The summed E-state index contributed by atoms with van der Waals surface area (Å²) in [6, 6.07) is 10.5. The second-order valence-corrected chi connectivity index (χ2v) is 7.74. The number of hydrogen-bond donors (Lipinski definition) is 1. The Bertz CT molecular complexity index is 448. The average Bonchev–Trinajstić information content (AvgIpc) is 2.28. The van der Waals surface area contributed by atoms with E-state index < -0.39 is 9.15 Å². The Morgan fingerprint density at radius 2 is 1.94 bits per heavy atom. The van der Waals surface area contributed by atoms with Crippen molar-refractivity contribution in [3.05, 3.63) is 35.9 Å². The maximum Gasteiger partial charge on any atom is 0.319 e. The molecule has 1 atom stereocenters. The molecule has 6 heteroatoms. The molecule has 0 unspecified atom stereocenters. The molecule has 1 aromatic rings. The van der Waals surface area contributed by atoms with E-state index in [9.17, 15) is 8.42 Å². The molecule has 0 aromatic heterocycles. The van der Waals surface area contributed by atoms with Gasteiger partial charge in [0.1, 0.15) is 0 Å². The van der Waals surface area contributed by atoms with Crippen LogP contribution in [0.4, 0.5) is 0 Å². The Morgan fingerprint density at radius 1 is 1.33 bits per heavy atom. The summed E-state index contributed by atoms with van der Waals surface area (Å²) < 4.78 is 29.8. The normalized spacial score (nSPS) is 13.8. The van der Waals surface area contributed by atoms with Crippen LogP contribution in [-0.2, 0) is 15.6 Å². The van der Waals surface area contributed by atoms with Crippen LogP contribution in [0.3, 0.4) is 0 Å². The van der Waals surface area contributed by atoms with Crippen molar-refractivity contribution >= 4 is 19.9 Å². The van der Waals surface area contributed by atoms with Crippen molar-refractivity contribution in [1.29, 1.82) is 0 Å². The minimum Gasteiger partial charge on any atom is -0.303 e. The first-order valence-electron chi connectivity index (χ1n) is 5.74. The molecule has 0 saturated carbocycles. The first-order chi connectivity index (χ1) is 8.38. The van der Waals surface area contributed by atoms with Crippen LogP contribution in [0.15, 0.2) is 30.3 Å². The molecule has 0 spiro atoms. The number of likely N-dealkylation sites (N-methyl/N-ethyl adjacent to an activating group) is 1. The third-order valence-electron chi connectivity index (χ3n) is 2.80. The Kier molecular flexibility index (Phi) is 6.14. The van der Waals surface area contributed by atoms with Crippen LogP contribution in [0.1, 0.15) is 12.5 Å². The predicted octanol–water partition coefficient (Wildman–Crippen LogP) is 2.09. The van der Waals surface area contributed by atoms with E-state index in [1.165, 1.54) is 5.56 Å². The van der Waals surface area contributed by atoms with Crippen LogP contribution in [0.2, 0.25) is 0 Å². The van der Waals surface area contributed by atoms with Crippen LogP contribution < -0.4 is 0 Å². The van der Waals surface area contributed by atoms with Crippen molar-refractivity contribution in [3.8, 4) is 0 Å². The molecule has 0 fully saturated rings. The van der Waals surface area contributed by atoms with Gasteiger partial charge in [-0.2, -0.15) is 8.42 Å². The Hall–Kier alpha value is -0.560. The number of rotatable bonds is 7. The third kappa shape index (κ3) is 6.39. The lowest BCUT2D eigenvalue weighted by atomic mass is 10.1. The van der Waals surface area contributed by atoms with E-state index in [4.69, 9.17) is 4.55 Å². The highest BCUT2D eigenvalue weighted by atomic mass is 33.1. The van der Waals surface area contributed by atoms with Crippen LogP contribution in [0.5, 0.6) is 0 Å². The van der Waals surface area contributed by atoms with Crippen LogP contribution in [-0.4, -0.2) is 43.3 Å². The SMILES string of the molecule is C[C@H](Cc1ccccc1)N(C)CCSS(=O)(=O)O. The van der Waals surface area contributed by atoms with Gasteiger partial charge in [0.05, 0.1) is 0 Å². The van der Waals surface area contributed by atoms with E-state index >= 15 is 0 Å². The van der Waals surface area contributed by atoms with Gasteiger partial charge in [0.2, 0.25) is 0 Å².